The topological polar surface area (TPSA) is 101 Å². The minimum absolute atomic E-state index is 0.0342. The van der Waals surface area contributed by atoms with Gasteiger partial charge in [-0.2, -0.15) is 0 Å². The predicted molar refractivity (Wildman–Crippen MR) is 107 cm³/mol. The van der Waals surface area contributed by atoms with E-state index in [1.165, 1.54) is 25.7 Å². The molecule has 0 bridgehead atoms. The molecule has 160 valence electrons. The number of ether oxygens (including phenoxy) is 1. The highest BCUT2D eigenvalue weighted by atomic mass is 16.6. The van der Waals surface area contributed by atoms with Crippen molar-refractivity contribution in [1.29, 1.82) is 0 Å². The molecule has 0 spiro atoms. The lowest BCUT2D eigenvalue weighted by atomic mass is 9.81. The monoisotopic (exact) mass is 388 g/mol. The van der Waals surface area contributed by atoms with Crippen molar-refractivity contribution in [3.05, 3.63) is 0 Å². The van der Waals surface area contributed by atoms with E-state index in [2.05, 4.69) is 6.92 Å². The normalized spacial score (nSPS) is 19.1. The van der Waals surface area contributed by atoms with Crippen molar-refractivity contribution in [2.24, 2.45) is 5.92 Å². The van der Waals surface area contributed by atoms with Crippen molar-refractivity contribution in [3.8, 4) is 0 Å². The Morgan fingerprint density at radius 2 is 1.44 bits per heavy atom. The van der Waals surface area contributed by atoms with Crippen LogP contribution in [0.4, 0.5) is 0 Å². The summed E-state index contributed by atoms with van der Waals surface area (Å²) < 4.78 is 4.94. The van der Waals surface area contributed by atoms with E-state index >= 15 is 0 Å². The summed E-state index contributed by atoms with van der Waals surface area (Å²) in [6, 6.07) is 0. The number of aliphatic carboxylic acids is 2. The van der Waals surface area contributed by atoms with Crippen LogP contribution in [0.1, 0.15) is 105 Å². The lowest BCUT2D eigenvalue weighted by Gasteiger charge is -2.29. The summed E-state index contributed by atoms with van der Waals surface area (Å²) in [5.74, 6) is -4.36. The van der Waals surface area contributed by atoms with Gasteiger partial charge in [0.2, 0.25) is 5.60 Å². The lowest BCUT2D eigenvalue weighted by Crippen LogP contribution is -2.49. The van der Waals surface area contributed by atoms with E-state index in [9.17, 15) is 24.6 Å². The third kappa shape index (κ3) is 9.78. The molecular formula is C21H40O6. The van der Waals surface area contributed by atoms with E-state index in [0.717, 1.165) is 19.3 Å². The molecule has 2 unspecified atom stereocenters. The number of carbonyl (C=O) groups is 3. The predicted octanol–water partition coefficient (Wildman–Crippen LogP) is 5.43. The van der Waals surface area contributed by atoms with Crippen molar-refractivity contribution in [1.82, 2.24) is 0 Å². The second-order valence-corrected chi connectivity index (χ2v) is 6.32. The van der Waals surface area contributed by atoms with Crippen molar-refractivity contribution in [3.63, 3.8) is 0 Å². The van der Waals surface area contributed by atoms with Crippen LogP contribution in [0.2, 0.25) is 0 Å². The highest BCUT2D eigenvalue weighted by Crippen LogP contribution is 2.37. The molecule has 27 heavy (non-hydrogen) atoms. The molecule has 0 amide bonds. The van der Waals surface area contributed by atoms with Crippen molar-refractivity contribution < 1.29 is 29.3 Å². The molecule has 6 heteroatoms. The van der Waals surface area contributed by atoms with Crippen LogP contribution in [-0.2, 0) is 19.1 Å². The largest absolute Gasteiger partial charge is 0.481 e. The van der Waals surface area contributed by atoms with Gasteiger partial charge >= 0.3 is 17.9 Å². The maximum atomic E-state index is 11.5. The fraction of sp³-hybridized carbons (Fsp3) is 0.857. The van der Waals surface area contributed by atoms with E-state index in [4.69, 9.17) is 4.74 Å². The molecule has 0 aromatic heterocycles. The highest BCUT2D eigenvalue weighted by Gasteiger charge is 2.56. The Morgan fingerprint density at radius 3 is 1.81 bits per heavy atom. The summed E-state index contributed by atoms with van der Waals surface area (Å²) in [5, 5.41) is 18.8. The number of carboxylic acid groups (broad SMARTS) is 2. The number of cyclic esters (lactones) is 1. The van der Waals surface area contributed by atoms with Crippen molar-refractivity contribution in [2.45, 2.75) is 111 Å². The summed E-state index contributed by atoms with van der Waals surface area (Å²) >= 11 is 0. The second kappa shape index (κ2) is 16.6. The van der Waals surface area contributed by atoms with Gasteiger partial charge in [0.1, 0.15) is 5.92 Å². The number of rotatable bonds is 12. The summed E-state index contributed by atoms with van der Waals surface area (Å²) in [6.07, 6.45) is 8.65. The first-order valence-corrected chi connectivity index (χ1v) is 10.6. The quantitative estimate of drug-likeness (QED) is 0.341. The van der Waals surface area contributed by atoms with E-state index < -0.39 is 29.4 Å². The molecular weight excluding hydrogens is 348 g/mol. The molecule has 1 fully saturated rings. The Hall–Kier alpha value is -1.59. The first kappa shape index (κ1) is 27.6. The molecule has 1 saturated heterocycles. The van der Waals surface area contributed by atoms with Crippen LogP contribution in [0.5, 0.6) is 0 Å². The SMILES string of the molecule is CC.CC.CCCCCCCCCCC(C(=O)O)C1(C(=O)O)CCC(=O)O1. The molecule has 1 rings (SSSR count). The Labute approximate surface area is 164 Å². The third-order valence-corrected chi connectivity index (χ3v) is 4.57. The van der Waals surface area contributed by atoms with Crippen LogP contribution < -0.4 is 0 Å². The van der Waals surface area contributed by atoms with Gasteiger partial charge in [0, 0.05) is 12.8 Å². The smallest absolute Gasteiger partial charge is 0.349 e. The molecule has 0 aromatic rings. The molecule has 2 N–H and O–H groups in total. The zero-order valence-electron chi connectivity index (χ0n) is 17.9. The van der Waals surface area contributed by atoms with Gasteiger partial charge in [-0.05, 0) is 6.42 Å². The van der Waals surface area contributed by atoms with Gasteiger partial charge in [-0.25, -0.2) is 4.79 Å². The van der Waals surface area contributed by atoms with Crippen LogP contribution in [0.3, 0.4) is 0 Å². The average Bonchev–Trinajstić information content (AvgIpc) is 3.06. The number of carboxylic acids is 2. The molecule has 6 nitrogen and oxygen atoms in total. The Bertz CT molecular complexity index is 421. The van der Waals surface area contributed by atoms with E-state index in [-0.39, 0.29) is 19.3 Å². The molecule has 0 aromatic carbocycles. The molecule has 1 heterocycles. The molecule has 0 aliphatic carbocycles. The van der Waals surface area contributed by atoms with E-state index in [0.29, 0.717) is 6.42 Å². The molecule has 1 aliphatic rings. The molecule has 0 radical (unpaired) electrons. The van der Waals surface area contributed by atoms with E-state index in [1.54, 1.807) is 0 Å². The maximum Gasteiger partial charge on any atom is 0.349 e. The van der Waals surface area contributed by atoms with Crippen LogP contribution >= 0.6 is 0 Å². The van der Waals surface area contributed by atoms with Gasteiger partial charge in [-0.1, -0.05) is 86.0 Å². The van der Waals surface area contributed by atoms with Crippen LogP contribution in [-0.4, -0.2) is 33.7 Å². The number of hydrogen-bond acceptors (Lipinski definition) is 4. The fourth-order valence-corrected chi connectivity index (χ4v) is 3.18. The van der Waals surface area contributed by atoms with Crippen LogP contribution in [0, 0.1) is 5.92 Å². The number of carbonyl (C=O) groups excluding carboxylic acids is 1. The minimum Gasteiger partial charge on any atom is -0.481 e. The third-order valence-electron chi connectivity index (χ3n) is 4.57. The summed E-state index contributed by atoms with van der Waals surface area (Å²) in [4.78, 5) is 34.3. The minimum atomic E-state index is -1.88. The van der Waals surface area contributed by atoms with Crippen molar-refractivity contribution >= 4 is 17.9 Å². The van der Waals surface area contributed by atoms with Crippen molar-refractivity contribution in [2.75, 3.05) is 0 Å². The average molecular weight is 389 g/mol. The molecule has 0 saturated carbocycles. The molecule has 1 aliphatic heterocycles. The summed E-state index contributed by atoms with van der Waals surface area (Å²) in [6.45, 7) is 10.2. The second-order valence-electron chi connectivity index (χ2n) is 6.32. The Balaban J connectivity index is 0. The standard InChI is InChI=1S/C17H28O6.2C2H6/c1-2-3-4-5-6-7-8-9-10-13(15(19)20)17(16(21)22)12-11-14(18)23-17;2*1-2/h13H,2-12H2,1H3,(H,19,20)(H,21,22);2*1-2H3. The number of unbranched alkanes of at least 4 members (excludes halogenated alkanes) is 7. The van der Waals surface area contributed by atoms with Gasteiger partial charge < -0.3 is 14.9 Å². The number of hydrogen-bond donors (Lipinski definition) is 2. The first-order chi connectivity index (χ1) is 12.9. The Kier molecular flexibility index (Phi) is 17.0. The van der Waals surface area contributed by atoms with Gasteiger partial charge in [0.15, 0.2) is 0 Å². The fourth-order valence-electron chi connectivity index (χ4n) is 3.18. The zero-order chi connectivity index (χ0) is 21.3. The van der Waals surface area contributed by atoms with Gasteiger partial charge in [-0.15, -0.1) is 0 Å². The Morgan fingerprint density at radius 1 is 0.963 bits per heavy atom. The summed E-state index contributed by atoms with van der Waals surface area (Å²) in [7, 11) is 0. The summed E-state index contributed by atoms with van der Waals surface area (Å²) in [5.41, 5.74) is -1.88. The first-order valence-electron chi connectivity index (χ1n) is 10.6. The van der Waals surface area contributed by atoms with Crippen LogP contribution in [0.15, 0.2) is 0 Å². The highest BCUT2D eigenvalue weighted by molar-refractivity contribution is 5.90. The maximum absolute atomic E-state index is 11.5. The number of esters is 1. The zero-order valence-corrected chi connectivity index (χ0v) is 17.9. The van der Waals surface area contributed by atoms with E-state index in [1.807, 2.05) is 27.7 Å². The van der Waals surface area contributed by atoms with Gasteiger partial charge in [-0.3, -0.25) is 9.59 Å². The lowest BCUT2D eigenvalue weighted by molar-refractivity contribution is -0.182. The van der Waals surface area contributed by atoms with Crippen LogP contribution in [0.25, 0.3) is 0 Å². The van der Waals surface area contributed by atoms with Gasteiger partial charge in [0.25, 0.3) is 0 Å². The molecule has 2 atom stereocenters. The van der Waals surface area contributed by atoms with Gasteiger partial charge in [0.05, 0.1) is 0 Å².